The molecule has 2 rings (SSSR count). The Hall–Kier alpha value is -0.780. The Morgan fingerprint density at radius 3 is 2.38 bits per heavy atom. The zero-order chi connectivity index (χ0) is 9.64. The second-order valence-electron chi connectivity index (χ2n) is 5.23. The molecule has 13 heavy (non-hydrogen) atoms. The molecular formula is C13H18. The van der Waals surface area contributed by atoms with Crippen molar-refractivity contribution in [3.05, 3.63) is 34.9 Å². The first kappa shape index (κ1) is 8.80. The number of hydrogen-bond donors (Lipinski definition) is 0. The van der Waals surface area contributed by atoms with Crippen LogP contribution in [0.25, 0.3) is 0 Å². The van der Waals surface area contributed by atoms with Crippen molar-refractivity contribution in [3.63, 3.8) is 0 Å². The van der Waals surface area contributed by atoms with E-state index in [1.165, 1.54) is 6.42 Å². The predicted octanol–water partition coefficient (Wildman–Crippen LogP) is 3.64. The molecule has 0 nitrogen and oxygen atoms in total. The zero-order valence-electron chi connectivity index (χ0n) is 9.02. The lowest BCUT2D eigenvalue weighted by Gasteiger charge is -2.34. The molecule has 0 aliphatic heterocycles. The summed E-state index contributed by atoms with van der Waals surface area (Å²) >= 11 is 0. The molecule has 0 heterocycles. The monoisotopic (exact) mass is 174 g/mol. The van der Waals surface area contributed by atoms with Crippen molar-refractivity contribution in [2.45, 2.75) is 45.4 Å². The van der Waals surface area contributed by atoms with Crippen molar-refractivity contribution in [1.82, 2.24) is 0 Å². The van der Waals surface area contributed by atoms with Gasteiger partial charge in [-0.25, -0.2) is 0 Å². The molecule has 70 valence electrons. The van der Waals surface area contributed by atoms with E-state index in [9.17, 15) is 0 Å². The number of benzene rings is 1. The van der Waals surface area contributed by atoms with Crippen molar-refractivity contribution < 1.29 is 0 Å². The lowest BCUT2D eigenvalue weighted by atomic mass is 9.70. The maximum Gasteiger partial charge on any atom is -0.0129 e. The first-order valence-corrected chi connectivity index (χ1v) is 5.12. The largest absolute Gasteiger partial charge is 0.0617 e. The van der Waals surface area contributed by atoms with Crippen LogP contribution >= 0.6 is 0 Å². The molecule has 0 spiro atoms. The van der Waals surface area contributed by atoms with E-state index in [1.54, 1.807) is 16.7 Å². The minimum Gasteiger partial charge on any atom is -0.0617 e. The summed E-state index contributed by atoms with van der Waals surface area (Å²) in [5.41, 5.74) is 5.04. The average molecular weight is 174 g/mol. The Morgan fingerprint density at radius 1 is 1.23 bits per heavy atom. The van der Waals surface area contributed by atoms with Gasteiger partial charge in [0.05, 0.1) is 0 Å². The smallest absolute Gasteiger partial charge is 0.0129 e. The van der Waals surface area contributed by atoms with Crippen LogP contribution < -0.4 is 0 Å². The van der Waals surface area contributed by atoms with Crippen LogP contribution in [-0.4, -0.2) is 0 Å². The van der Waals surface area contributed by atoms with Crippen LogP contribution in [0.4, 0.5) is 0 Å². The van der Waals surface area contributed by atoms with Crippen LogP contribution in [0.5, 0.6) is 0 Å². The lowest BCUT2D eigenvalue weighted by molar-refractivity contribution is 0.550. The van der Waals surface area contributed by atoms with Gasteiger partial charge < -0.3 is 0 Å². The third kappa shape index (κ3) is 1.29. The van der Waals surface area contributed by atoms with Crippen molar-refractivity contribution >= 4 is 0 Å². The molecule has 0 amide bonds. The molecular weight excluding hydrogens is 156 g/mol. The normalized spacial score (nSPS) is 20.8. The topological polar surface area (TPSA) is 0 Å². The molecule has 0 bridgehead atoms. The van der Waals surface area contributed by atoms with E-state index in [4.69, 9.17) is 0 Å². The van der Waals surface area contributed by atoms with Crippen LogP contribution in [0.1, 0.15) is 50.3 Å². The Bertz CT molecular complexity index is 328. The van der Waals surface area contributed by atoms with Gasteiger partial charge in [-0.1, -0.05) is 45.9 Å². The Kier molecular flexibility index (Phi) is 1.76. The molecule has 0 radical (unpaired) electrons. The fourth-order valence-corrected chi connectivity index (χ4v) is 2.33. The van der Waals surface area contributed by atoms with Gasteiger partial charge in [0, 0.05) is 0 Å². The third-order valence-corrected chi connectivity index (χ3v) is 3.02. The van der Waals surface area contributed by atoms with Crippen molar-refractivity contribution in [2.75, 3.05) is 0 Å². The fourth-order valence-electron chi connectivity index (χ4n) is 2.33. The SMILES string of the molecule is CC1Cc2cccc(C(C)(C)C)c21. The van der Waals surface area contributed by atoms with Gasteiger partial charge in [0.2, 0.25) is 0 Å². The van der Waals surface area contributed by atoms with Crippen molar-refractivity contribution in [2.24, 2.45) is 0 Å². The van der Waals surface area contributed by atoms with Crippen LogP contribution in [0.3, 0.4) is 0 Å². The second kappa shape index (κ2) is 2.60. The summed E-state index contributed by atoms with van der Waals surface area (Å²) in [6, 6.07) is 6.75. The fraction of sp³-hybridized carbons (Fsp3) is 0.538. The summed E-state index contributed by atoms with van der Waals surface area (Å²) in [6.45, 7) is 9.23. The average Bonchev–Trinajstić information content (AvgIpc) is 2.00. The molecule has 1 aromatic carbocycles. The van der Waals surface area contributed by atoms with Crippen LogP contribution in [0, 0.1) is 0 Å². The van der Waals surface area contributed by atoms with E-state index in [-0.39, 0.29) is 0 Å². The van der Waals surface area contributed by atoms with Gasteiger partial charge >= 0.3 is 0 Å². The van der Waals surface area contributed by atoms with Gasteiger partial charge in [0.25, 0.3) is 0 Å². The number of rotatable bonds is 0. The quantitative estimate of drug-likeness (QED) is 0.563. The number of hydrogen-bond acceptors (Lipinski definition) is 0. The van der Waals surface area contributed by atoms with Gasteiger partial charge in [-0.15, -0.1) is 0 Å². The summed E-state index contributed by atoms with van der Waals surface area (Å²) < 4.78 is 0. The van der Waals surface area contributed by atoms with Crippen molar-refractivity contribution in [3.8, 4) is 0 Å². The van der Waals surface area contributed by atoms with E-state index >= 15 is 0 Å². The Labute approximate surface area is 81.0 Å². The van der Waals surface area contributed by atoms with E-state index in [0.29, 0.717) is 5.41 Å². The van der Waals surface area contributed by atoms with Crippen molar-refractivity contribution in [1.29, 1.82) is 0 Å². The molecule has 1 aromatic rings. The Balaban J connectivity index is 2.54. The first-order chi connectivity index (χ1) is 6.00. The molecule has 0 aromatic heterocycles. The summed E-state index contributed by atoms with van der Waals surface area (Å²) in [7, 11) is 0. The maximum atomic E-state index is 2.33. The summed E-state index contributed by atoms with van der Waals surface area (Å²) in [6.07, 6.45) is 1.28. The minimum absolute atomic E-state index is 0.306. The maximum absolute atomic E-state index is 2.33. The summed E-state index contributed by atoms with van der Waals surface area (Å²) in [5.74, 6) is 0.783. The standard InChI is InChI=1S/C13H18/c1-9-8-10-6-5-7-11(12(9)10)13(2,3)4/h5-7,9H,8H2,1-4H3. The van der Waals surface area contributed by atoms with E-state index in [0.717, 1.165) is 5.92 Å². The molecule has 1 atom stereocenters. The molecule has 0 saturated carbocycles. The third-order valence-electron chi connectivity index (χ3n) is 3.02. The highest BCUT2D eigenvalue weighted by Crippen LogP contribution is 2.41. The van der Waals surface area contributed by atoms with E-state index < -0.39 is 0 Å². The van der Waals surface area contributed by atoms with Gasteiger partial charge in [-0.05, 0) is 34.4 Å². The van der Waals surface area contributed by atoms with Gasteiger partial charge in [-0.3, -0.25) is 0 Å². The van der Waals surface area contributed by atoms with E-state index in [2.05, 4.69) is 45.9 Å². The van der Waals surface area contributed by atoms with E-state index in [1.807, 2.05) is 0 Å². The minimum atomic E-state index is 0.306. The molecule has 0 fully saturated rings. The Morgan fingerprint density at radius 2 is 1.92 bits per heavy atom. The number of fused-ring (bicyclic) bond motifs is 1. The molecule has 1 unspecified atom stereocenters. The predicted molar refractivity (Wildman–Crippen MR) is 57.3 cm³/mol. The van der Waals surface area contributed by atoms with Crippen LogP contribution in [-0.2, 0) is 11.8 Å². The van der Waals surface area contributed by atoms with Crippen LogP contribution in [0.2, 0.25) is 0 Å². The summed E-state index contributed by atoms with van der Waals surface area (Å²) in [5, 5.41) is 0. The van der Waals surface area contributed by atoms with Gasteiger partial charge in [0.15, 0.2) is 0 Å². The molecule has 1 aliphatic rings. The molecule has 0 heteroatoms. The highest BCUT2D eigenvalue weighted by atomic mass is 14.3. The second-order valence-corrected chi connectivity index (χ2v) is 5.23. The molecule has 1 aliphatic carbocycles. The molecule has 0 saturated heterocycles. The van der Waals surface area contributed by atoms with Gasteiger partial charge in [0.1, 0.15) is 0 Å². The molecule has 0 N–H and O–H groups in total. The zero-order valence-corrected chi connectivity index (χ0v) is 9.02. The van der Waals surface area contributed by atoms with Crippen LogP contribution in [0.15, 0.2) is 18.2 Å². The highest BCUT2D eigenvalue weighted by molar-refractivity contribution is 5.48. The summed E-state index contributed by atoms with van der Waals surface area (Å²) in [4.78, 5) is 0. The van der Waals surface area contributed by atoms with Gasteiger partial charge in [-0.2, -0.15) is 0 Å². The lowest BCUT2D eigenvalue weighted by Crippen LogP contribution is -2.23. The highest BCUT2D eigenvalue weighted by Gasteiger charge is 2.29. The first-order valence-electron chi connectivity index (χ1n) is 5.12.